The molecule has 2 aliphatic carbocycles. The summed E-state index contributed by atoms with van der Waals surface area (Å²) in [6.07, 6.45) is 2.71. The number of amides is 2. The lowest BCUT2D eigenvalue weighted by Crippen LogP contribution is -2.31. The van der Waals surface area contributed by atoms with Crippen LogP contribution >= 0.6 is 11.6 Å². The lowest BCUT2D eigenvalue weighted by atomic mass is 10.1. The van der Waals surface area contributed by atoms with E-state index >= 15 is 0 Å². The van der Waals surface area contributed by atoms with Crippen molar-refractivity contribution in [2.75, 3.05) is 5.32 Å². The minimum atomic E-state index is -0.350. The molecule has 0 heterocycles. The van der Waals surface area contributed by atoms with Crippen molar-refractivity contribution in [2.45, 2.75) is 37.8 Å². The Morgan fingerprint density at radius 1 is 1.17 bits per heavy atom. The van der Waals surface area contributed by atoms with E-state index in [4.69, 9.17) is 11.6 Å². The molecular weight excluding hydrogens is 324 g/mol. The molecule has 2 amide bonds. The highest BCUT2D eigenvalue weighted by Gasteiger charge is 2.26. The van der Waals surface area contributed by atoms with Gasteiger partial charge in [-0.2, -0.15) is 0 Å². The molecule has 0 unspecified atom stereocenters. The van der Waals surface area contributed by atoms with Crippen LogP contribution in [0, 0.1) is 0 Å². The smallest absolute Gasteiger partial charge is 0.319 e. The van der Waals surface area contributed by atoms with Crippen LogP contribution in [0.4, 0.5) is 10.5 Å². The lowest BCUT2D eigenvalue weighted by molar-refractivity contribution is 0.187. The maximum absolute atomic E-state index is 12.4. The van der Waals surface area contributed by atoms with Crippen molar-refractivity contribution in [3.05, 3.63) is 63.7 Å². The molecule has 0 saturated carbocycles. The molecule has 0 aromatic heterocycles. The van der Waals surface area contributed by atoms with Gasteiger partial charge < -0.3 is 15.7 Å². The summed E-state index contributed by atoms with van der Waals surface area (Å²) in [6.45, 7) is 0. The van der Waals surface area contributed by atoms with Crippen molar-refractivity contribution < 1.29 is 9.90 Å². The second-order valence-electron chi connectivity index (χ2n) is 6.54. The number of aryl methyl sites for hydroxylation is 1. The number of hydrogen-bond acceptors (Lipinski definition) is 2. The Bertz CT molecular complexity index is 806. The molecule has 2 aromatic rings. The molecule has 0 bridgehead atoms. The van der Waals surface area contributed by atoms with Crippen molar-refractivity contribution >= 4 is 23.3 Å². The maximum atomic E-state index is 12.4. The van der Waals surface area contributed by atoms with Crippen LogP contribution < -0.4 is 10.6 Å². The summed E-state index contributed by atoms with van der Waals surface area (Å²) in [7, 11) is 0. The third-order valence-corrected chi connectivity index (χ3v) is 5.14. The fourth-order valence-corrected chi connectivity index (χ4v) is 3.99. The van der Waals surface area contributed by atoms with Gasteiger partial charge in [0.05, 0.1) is 12.1 Å². The fraction of sp³-hybridized carbons (Fsp3) is 0.316. The average molecular weight is 343 g/mol. The Morgan fingerprint density at radius 3 is 2.92 bits per heavy atom. The Kier molecular flexibility index (Phi) is 3.94. The van der Waals surface area contributed by atoms with E-state index in [1.807, 2.05) is 36.4 Å². The second kappa shape index (κ2) is 6.11. The highest BCUT2D eigenvalue weighted by atomic mass is 35.5. The summed E-state index contributed by atoms with van der Waals surface area (Å²) in [5.41, 5.74) is 5.29. The van der Waals surface area contributed by atoms with E-state index in [-0.39, 0.29) is 18.2 Å². The summed E-state index contributed by atoms with van der Waals surface area (Å²) in [5, 5.41) is 16.6. The molecular formula is C19H19ClN2O2. The standard InChI is InChI=1S/C19H19ClN2O2/c20-13-5-6-15-12(8-13)4-7-18(15)22-19(24)21-17-3-1-2-11-9-14(23)10-16(11)17/h1-3,5-6,8,14,18,23H,4,7,9-10H2,(H2,21,22,24)/t14-,18-/m1/s1. The summed E-state index contributed by atoms with van der Waals surface area (Å²) >= 11 is 6.03. The molecule has 3 N–H and O–H groups in total. The van der Waals surface area contributed by atoms with E-state index in [2.05, 4.69) is 10.6 Å². The van der Waals surface area contributed by atoms with Crippen LogP contribution in [0.2, 0.25) is 5.02 Å². The molecule has 2 aromatic carbocycles. The molecule has 2 aliphatic rings. The van der Waals surface area contributed by atoms with E-state index in [1.165, 1.54) is 5.56 Å². The Labute approximate surface area is 145 Å². The van der Waals surface area contributed by atoms with Crippen LogP contribution in [-0.2, 0) is 19.3 Å². The molecule has 4 rings (SSSR count). The predicted octanol–water partition coefficient (Wildman–Crippen LogP) is 3.61. The zero-order valence-electron chi connectivity index (χ0n) is 13.2. The van der Waals surface area contributed by atoms with E-state index in [0.717, 1.165) is 40.2 Å². The zero-order chi connectivity index (χ0) is 16.7. The van der Waals surface area contributed by atoms with Crippen molar-refractivity contribution in [3.8, 4) is 0 Å². The molecule has 0 aliphatic heterocycles. The fourth-order valence-electron chi connectivity index (χ4n) is 3.80. The van der Waals surface area contributed by atoms with Gasteiger partial charge >= 0.3 is 6.03 Å². The number of halogens is 1. The summed E-state index contributed by atoms with van der Waals surface area (Å²) < 4.78 is 0. The number of aliphatic hydroxyl groups is 1. The zero-order valence-corrected chi connectivity index (χ0v) is 13.9. The Balaban J connectivity index is 1.47. The normalized spacial score (nSPS) is 21.2. The molecule has 24 heavy (non-hydrogen) atoms. The number of fused-ring (bicyclic) bond motifs is 2. The average Bonchev–Trinajstić information content (AvgIpc) is 3.10. The van der Waals surface area contributed by atoms with Gasteiger partial charge in [-0.25, -0.2) is 4.79 Å². The Morgan fingerprint density at radius 2 is 2.04 bits per heavy atom. The van der Waals surface area contributed by atoms with Crippen molar-refractivity contribution in [2.24, 2.45) is 0 Å². The van der Waals surface area contributed by atoms with Gasteiger partial charge in [-0.05, 0) is 59.7 Å². The number of nitrogens with one attached hydrogen (secondary N) is 2. The van der Waals surface area contributed by atoms with E-state index in [9.17, 15) is 9.90 Å². The molecule has 0 spiro atoms. The number of carbonyl (C=O) groups is 1. The first-order valence-corrected chi connectivity index (χ1v) is 8.62. The summed E-state index contributed by atoms with van der Waals surface area (Å²) in [4.78, 5) is 12.4. The van der Waals surface area contributed by atoms with Gasteiger partial charge in [-0.1, -0.05) is 29.8 Å². The van der Waals surface area contributed by atoms with Crippen LogP contribution in [0.5, 0.6) is 0 Å². The van der Waals surface area contributed by atoms with Gasteiger partial charge in [-0.15, -0.1) is 0 Å². The van der Waals surface area contributed by atoms with Gasteiger partial charge in [0.2, 0.25) is 0 Å². The maximum Gasteiger partial charge on any atom is 0.319 e. The molecule has 124 valence electrons. The number of aliphatic hydroxyl groups excluding tert-OH is 1. The first-order valence-electron chi connectivity index (χ1n) is 8.25. The minimum Gasteiger partial charge on any atom is -0.392 e. The van der Waals surface area contributed by atoms with Crippen LogP contribution in [-0.4, -0.2) is 17.2 Å². The molecule has 0 saturated heterocycles. The molecule has 4 nitrogen and oxygen atoms in total. The number of benzene rings is 2. The van der Waals surface area contributed by atoms with Crippen LogP contribution in [0.1, 0.15) is 34.7 Å². The molecule has 2 atom stereocenters. The van der Waals surface area contributed by atoms with Gasteiger partial charge in [0.1, 0.15) is 0 Å². The van der Waals surface area contributed by atoms with Gasteiger partial charge in [0.25, 0.3) is 0 Å². The number of carbonyl (C=O) groups excluding carboxylic acids is 1. The highest BCUT2D eigenvalue weighted by Crippen LogP contribution is 2.33. The monoisotopic (exact) mass is 342 g/mol. The largest absolute Gasteiger partial charge is 0.392 e. The molecule has 0 fully saturated rings. The number of hydrogen-bond donors (Lipinski definition) is 3. The second-order valence-corrected chi connectivity index (χ2v) is 6.97. The van der Waals surface area contributed by atoms with Crippen LogP contribution in [0.25, 0.3) is 0 Å². The number of urea groups is 1. The first-order chi connectivity index (χ1) is 11.6. The van der Waals surface area contributed by atoms with Crippen molar-refractivity contribution in [1.82, 2.24) is 5.32 Å². The topological polar surface area (TPSA) is 61.4 Å². The minimum absolute atomic E-state index is 0.0135. The van der Waals surface area contributed by atoms with Gasteiger partial charge in [0.15, 0.2) is 0 Å². The van der Waals surface area contributed by atoms with Crippen LogP contribution in [0.3, 0.4) is 0 Å². The Hall–Kier alpha value is -2.04. The predicted molar refractivity (Wildman–Crippen MR) is 94.5 cm³/mol. The van der Waals surface area contributed by atoms with Crippen molar-refractivity contribution in [3.63, 3.8) is 0 Å². The highest BCUT2D eigenvalue weighted by molar-refractivity contribution is 6.30. The summed E-state index contributed by atoms with van der Waals surface area (Å²) in [6, 6.07) is 11.4. The third kappa shape index (κ3) is 2.87. The first kappa shape index (κ1) is 15.5. The number of anilines is 1. The number of rotatable bonds is 2. The van der Waals surface area contributed by atoms with Gasteiger partial charge in [0, 0.05) is 17.1 Å². The lowest BCUT2D eigenvalue weighted by Gasteiger charge is -2.16. The quantitative estimate of drug-likeness (QED) is 0.780. The SMILES string of the molecule is O=C(Nc1cccc2c1C[C@H](O)C2)N[C@@H]1CCc2cc(Cl)ccc21. The molecule has 0 radical (unpaired) electrons. The van der Waals surface area contributed by atoms with E-state index in [0.29, 0.717) is 12.8 Å². The van der Waals surface area contributed by atoms with E-state index < -0.39 is 0 Å². The third-order valence-electron chi connectivity index (χ3n) is 4.90. The summed E-state index contributed by atoms with van der Waals surface area (Å²) in [5.74, 6) is 0. The van der Waals surface area contributed by atoms with Crippen LogP contribution in [0.15, 0.2) is 36.4 Å². The van der Waals surface area contributed by atoms with Gasteiger partial charge in [-0.3, -0.25) is 0 Å². The van der Waals surface area contributed by atoms with E-state index in [1.54, 1.807) is 0 Å². The van der Waals surface area contributed by atoms with Crippen molar-refractivity contribution in [1.29, 1.82) is 0 Å². The molecule has 5 heteroatoms.